The van der Waals surface area contributed by atoms with Gasteiger partial charge in [0.15, 0.2) is 0 Å². The van der Waals surface area contributed by atoms with Gasteiger partial charge in [-0.2, -0.15) is 0 Å². The number of halogens is 1. The van der Waals surface area contributed by atoms with Gasteiger partial charge in [-0.1, -0.05) is 6.07 Å². The number of aryl methyl sites for hydroxylation is 1. The highest BCUT2D eigenvalue weighted by molar-refractivity contribution is 5.87. The van der Waals surface area contributed by atoms with Gasteiger partial charge in [0.25, 0.3) is 5.56 Å². The molecule has 0 bridgehead atoms. The standard InChI is InChI=1S/C26H25FN4O2/c1-29-24-12-20(6-7-22(24)23-15-30-9-2-3-19(30)11-25(23)29)31-10-8-21(13-26(31)32)33-16-18-5-4-17(27)14-28-18/h4-8,10,12-14,19H,2-3,9,11,15-16H2,1H3. The van der Waals surface area contributed by atoms with E-state index in [-0.39, 0.29) is 12.2 Å². The molecule has 0 radical (unpaired) electrons. The molecule has 0 aliphatic carbocycles. The van der Waals surface area contributed by atoms with Crippen molar-refractivity contribution in [3.8, 4) is 11.4 Å². The van der Waals surface area contributed by atoms with Crippen LogP contribution in [0.4, 0.5) is 4.39 Å². The summed E-state index contributed by atoms with van der Waals surface area (Å²) in [5.41, 5.74) is 5.28. The third kappa shape index (κ3) is 3.53. The van der Waals surface area contributed by atoms with E-state index in [4.69, 9.17) is 4.74 Å². The highest BCUT2D eigenvalue weighted by atomic mass is 19.1. The SMILES string of the molecule is Cn1c2c(c3ccc(-n4ccc(OCc5ccc(F)cn5)cc4=O)cc31)CN1CCCC1C2. The number of pyridine rings is 2. The van der Waals surface area contributed by atoms with Crippen LogP contribution in [0.2, 0.25) is 0 Å². The Hall–Kier alpha value is -3.45. The summed E-state index contributed by atoms with van der Waals surface area (Å²) in [6.45, 7) is 2.38. The summed E-state index contributed by atoms with van der Waals surface area (Å²) >= 11 is 0. The minimum Gasteiger partial charge on any atom is -0.487 e. The predicted molar refractivity (Wildman–Crippen MR) is 124 cm³/mol. The van der Waals surface area contributed by atoms with Crippen LogP contribution < -0.4 is 10.3 Å². The van der Waals surface area contributed by atoms with Gasteiger partial charge in [-0.05, 0) is 55.3 Å². The summed E-state index contributed by atoms with van der Waals surface area (Å²) in [6, 6.07) is 13.1. The van der Waals surface area contributed by atoms with Crippen LogP contribution in [0.5, 0.6) is 5.75 Å². The number of aromatic nitrogens is 3. The smallest absolute Gasteiger partial charge is 0.258 e. The predicted octanol–water partition coefficient (Wildman–Crippen LogP) is 3.96. The van der Waals surface area contributed by atoms with Gasteiger partial charge in [0.2, 0.25) is 0 Å². The summed E-state index contributed by atoms with van der Waals surface area (Å²) in [4.78, 5) is 19.4. The van der Waals surface area contributed by atoms with Crippen LogP contribution in [0.3, 0.4) is 0 Å². The van der Waals surface area contributed by atoms with Gasteiger partial charge in [0.05, 0.1) is 23.1 Å². The second kappa shape index (κ2) is 7.85. The molecule has 1 unspecified atom stereocenters. The molecule has 4 aromatic rings. The van der Waals surface area contributed by atoms with Crippen LogP contribution in [0.1, 0.15) is 29.8 Å². The molecule has 33 heavy (non-hydrogen) atoms. The van der Waals surface area contributed by atoms with Gasteiger partial charge < -0.3 is 9.30 Å². The van der Waals surface area contributed by atoms with Crippen molar-refractivity contribution in [3.63, 3.8) is 0 Å². The fourth-order valence-corrected chi connectivity index (χ4v) is 5.32. The minimum absolute atomic E-state index is 0.168. The first kappa shape index (κ1) is 20.2. The summed E-state index contributed by atoms with van der Waals surface area (Å²) in [5.74, 6) is 0.0659. The summed E-state index contributed by atoms with van der Waals surface area (Å²) in [6.07, 6.45) is 6.57. The van der Waals surface area contributed by atoms with Crippen LogP contribution >= 0.6 is 0 Å². The number of nitrogens with zero attached hydrogens (tertiary/aromatic N) is 4. The molecule has 1 fully saturated rings. The van der Waals surface area contributed by atoms with Crippen LogP contribution in [0.15, 0.2) is 59.7 Å². The van der Waals surface area contributed by atoms with Gasteiger partial charge in [-0.25, -0.2) is 4.39 Å². The van der Waals surface area contributed by atoms with Crippen LogP contribution in [0.25, 0.3) is 16.6 Å². The molecule has 0 amide bonds. The van der Waals surface area contributed by atoms with E-state index >= 15 is 0 Å². The molecule has 0 spiro atoms. The third-order valence-electron chi connectivity index (χ3n) is 7.05. The lowest BCUT2D eigenvalue weighted by Gasteiger charge is -2.30. The van der Waals surface area contributed by atoms with E-state index in [9.17, 15) is 9.18 Å². The van der Waals surface area contributed by atoms with E-state index < -0.39 is 5.82 Å². The van der Waals surface area contributed by atoms with Crippen molar-refractivity contribution in [1.82, 2.24) is 19.0 Å². The van der Waals surface area contributed by atoms with E-state index in [2.05, 4.69) is 33.6 Å². The first-order valence-corrected chi connectivity index (χ1v) is 11.4. The molecule has 6 rings (SSSR count). The molecule has 5 heterocycles. The number of hydrogen-bond donors (Lipinski definition) is 0. The molecule has 7 heteroatoms. The molecule has 1 saturated heterocycles. The van der Waals surface area contributed by atoms with Crippen molar-refractivity contribution in [1.29, 1.82) is 0 Å². The Bertz CT molecular complexity index is 1410. The average molecular weight is 445 g/mol. The number of rotatable bonds is 4. The normalized spacial score (nSPS) is 17.8. The Morgan fingerprint density at radius 1 is 1.18 bits per heavy atom. The van der Waals surface area contributed by atoms with E-state index in [0.29, 0.717) is 17.5 Å². The number of fused-ring (bicyclic) bond motifs is 4. The van der Waals surface area contributed by atoms with E-state index in [1.54, 1.807) is 22.9 Å². The van der Waals surface area contributed by atoms with E-state index in [1.165, 1.54) is 48.2 Å². The molecule has 0 saturated carbocycles. The van der Waals surface area contributed by atoms with Crippen molar-refractivity contribution >= 4 is 10.9 Å². The topological polar surface area (TPSA) is 52.3 Å². The molecule has 3 aromatic heterocycles. The van der Waals surface area contributed by atoms with Crippen molar-refractivity contribution < 1.29 is 9.13 Å². The van der Waals surface area contributed by atoms with Gasteiger partial charge >= 0.3 is 0 Å². The average Bonchev–Trinajstić information content (AvgIpc) is 3.39. The third-order valence-corrected chi connectivity index (χ3v) is 7.05. The number of ether oxygens (including phenoxy) is 1. The van der Waals surface area contributed by atoms with Gasteiger partial charge in [-0.15, -0.1) is 0 Å². The molecule has 168 valence electrons. The summed E-state index contributed by atoms with van der Waals surface area (Å²) in [7, 11) is 2.14. The van der Waals surface area contributed by atoms with Crippen molar-refractivity contribution in [2.75, 3.05) is 6.54 Å². The monoisotopic (exact) mass is 444 g/mol. The molecule has 1 atom stereocenters. The highest BCUT2D eigenvalue weighted by Crippen LogP contribution is 2.36. The fraction of sp³-hybridized carbons (Fsp3) is 0.308. The Morgan fingerprint density at radius 2 is 2.09 bits per heavy atom. The lowest BCUT2D eigenvalue weighted by molar-refractivity contribution is 0.225. The van der Waals surface area contributed by atoms with E-state index in [1.807, 2.05) is 6.07 Å². The zero-order chi connectivity index (χ0) is 22.5. The van der Waals surface area contributed by atoms with Gasteiger partial charge in [-0.3, -0.25) is 19.2 Å². The maximum Gasteiger partial charge on any atom is 0.258 e. The Kier molecular flexibility index (Phi) is 4.80. The first-order chi connectivity index (χ1) is 16.1. The number of hydrogen-bond acceptors (Lipinski definition) is 4. The van der Waals surface area contributed by atoms with Crippen LogP contribution in [-0.2, 0) is 26.6 Å². The molecule has 2 aliphatic heterocycles. The van der Waals surface area contributed by atoms with Gasteiger partial charge in [0, 0.05) is 49.4 Å². The fourth-order valence-electron chi connectivity index (χ4n) is 5.32. The maximum absolute atomic E-state index is 13.0. The second-order valence-electron chi connectivity index (χ2n) is 8.98. The molecule has 6 nitrogen and oxygen atoms in total. The largest absolute Gasteiger partial charge is 0.487 e. The quantitative estimate of drug-likeness (QED) is 0.478. The molecular weight excluding hydrogens is 419 g/mol. The maximum atomic E-state index is 13.0. The summed E-state index contributed by atoms with van der Waals surface area (Å²) in [5, 5.41) is 1.28. The zero-order valence-electron chi connectivity index (χ0n) is 18.5. The number of benzene rings is 1. The molecule has 0 N–H and O–H groups in total. The van der Waals surface area contributed by atoms with Crippen molar-refractivity contribution in [2.45, 2.75) is 38.5 Å². The van der Waals surface area contributed by atoms with Crippen LogP contribution in [-0.4, -0.2) is 31.6 Å². The zero-order valence-corrected chi connectivity index (χ0v) is 18.5. The lowest BCUT2D eigenvalue weighted by atomic mass is 9.99. The van der Waals surface area contributed by atoms with Crippen molar-refractivity contribution in [2.24, 2.45) is 7.05 Å². The van der Waals surface area contributed by atoms with Crippen LogP contribution in [0, 0.1) is 5.82 Å². The highest BCUT2D eigenvalue weighted by Gasteiger charge is 2.32. The Morgan fingerprint density at radius 3 is 2.91 bits per heavy atom. The van der Waals surface area contributed by atoms with Crippen molar-refractivity contribution in [3.05, 3.63) is 88.0 Å². The Balaban J connectivity index is 1.28. The van der Waals surface area contributed by atoms with E-state index in [0.717, 1.165) is 30.4 Å². The lowest BCUT2D eigenvalue weighted by Crippen LogP contribution is -2.35. The van der Waals surface area contributed by atoms with Gasteiger partial charge in [0.1, 0.15) is 18.2 Å². The second-order valence-corrected chi connectivity index (χ2v) is 8.98. The first-order valence-electron chi connectivity index (χ1n) is 11.4. The Labute approximate surface area is 190 Å². The minimum atomic E-state index is -0.391. The molecule has 1 aromatic carbocycles. The summed E-state index contributed by atoms with van der Waals surface area (Å²) < 4.78 is 22.6. The molecule has 2 aliphatic rings. The molecular formula is C26H25FN4O2.